The Labute approximate surface area is 187 Å². The summed E-state index contributed by atoms with van der Waals surface area (Å²) >= 11 is 0. The van der Waals surface area contributed by atoms with Gasteiger partial charge >= 0.3 is 0 Å². The lowest BCUT2D eigenvalue weighted by molar-refractivity contribution is 0.738. The topological polar surface area (TPSA) is 70.9 Å². The molecule has 0 atom stereocenters. The zero-order chi connectivity index (χ0) is 21.9. The summed E-state index contributed by atoms with van der Waals surface area (Å²) in [6.45, 7) is 2.67. The molecule has 162 valence electrons. The highest BCUT2D eigenvalue weighted by Crippen LogP contribution is 2.24. The number of fused-ring (bicyclic) bond motifs is 1. The van der Waals surface area contributed by atoms with Gasteiger partial charge in [0.2, 0.25) is 5.95 Å². The summed E-state index contributed by atoms with van der Waals surface area (Å²) in [7, 11) is 4.02. The Morgan fingerprint density at radius 1 is 1.09 bits per heavy atom. The van der Waals surface area contributed by atoms with Gasteiger partial charge in [0.1, 0.15) is 11.5 Å². The second kappa shape index (κ2) is 8.80. The Morgan fingerprint density at radius 3 is 2.75 bits per heavy atom. The molecule has 0 radical (unpaired) electrons. The van der Waals surface area contributed by atoms with Gasteiger partial charge in [0.05, 0.1) is 6.54 Å². The highest BCUT2D eigenvalue weighted by Gasteiger charge is 2.11. The van der Waals surface area contributed by atoms with Crippen molar-refractivity contribution in [2.75, 3.05) is 37.4 Å². The first-order valence-electron chi connectivity index (χ1n) is 10.9. The Bertz CT molecular complexity index is 1260. The monoisotopic (exact) mass is 425 g/mol. The zero-order valence-electron chi connectivity index (χ0n) is 18.4. The summed E-state index contributed by atoms with van der Waals surface area (Å²) < 4.78 is 2.14. The molecule has 4 aromatic rings. The lowest BCUT2D eigenvalue weighted by Crippen LogP contribution is -2.19. The first kappa shape index (κ1) is 20.2. The van der Waals surface area contributed by atoms with E-state index in [9.17, 15) is 0 Å². The molecule has 5 rings (SSSR count). The van der Waals surface area contributed by atoms with Gasteiger partial charge in [-0.1, -0.05) is 24.3 Å². The molecule has 2 N–H and O–H groups in total. The smallest absolute Gasteiger partial charge is 0.229 e. The van der Waals surface area contributed by atoms with Crippen LogP contribution in [0.3, 0.4) is 0 Å². The maximum atomic E-state index is 4.80. The molecule has 0 fully saturated rings. The fourth-order valence-electron chi connectivity index (χ4n) is 4.08. The summed E-state index contributed by atoms with van der Waals surface area (Å²) in [5.41, 5.74) is 5.69. The minimum absolute atomic E-state index is 0.588. The molecular formula is C25H27N7. The highest BCUT2D eigenvalue weighted by atomic mass is 15.2. The van der Waals surface area contributed by atoms with E-state index in [0.717, 1.165) is 47.6 Å². The number of hydrogen-bond acceptors (Lipinski definition) is 6. The largest absolute Gasteiger partial charge is 0.362 e. The summed E-state index contributed by atoms with van der Waals surface area (Å²) in [5.74, 6) is 1.55. The molecule has 7 nitrogen and oxygen atoms in total. The van der Waals surface area contributed by atoms with Gasteiger partial charge in [0, 0.05) is 55.9 Å². The molecule has 0 unspecified atom stereocenters. The van der Waals surface area contributed by atoms with Crippen LogP contribution in [0.15, 0.2) is 67.1 Å². The normalized spacial score (nSPS) is 13.8. The van der Waals surface area contributed by atoms with Gasteiger partial charge in [0.25, 0.3) is 0 Å². The minimum Gasteiger partial charge on any atom is -0.362 e. The van der Waals surface area contributed by atoms with Gasteiger partial charge in [-0.25, -0.2) is 9.97 Å². The van der Waals surface area contributed by atoms with Crippen LogP contribution in [-0.4, -0.2) is 46.7 Å². The van der Waals surface area contributed by atoms with E-state index in [0.29, 0.717) is 12.5 Å². The lowest BCUT2D eigenvalue weighted by Gasteiger charge is -2.16. The van der Waals surface area contributed by atoms with E-state index in [1.807, 2.05) is 43.5 Å². The van der Waals surface area contributed by atoms with Crippen LogP contribution in [-0.2, 0) is 6.54 Å². The van der Waals surface area contributed by atoms with Crippen molar-refractivity contribution in [1.82, 2.24) is 24.8 Å². The standard InChI is InChI=1S/C25H27N7/c1-31(2)23-21(4-3-12-27-23)17-32-15-11-20-16-28-25(30-24(20)32)29-22-7-5-18(6-8-22)19-9-13-26-14-10-19/h3-9,11-12,15-16,26H,10,13-14,17H2,1-2H3,(H,28,29,30). The number of nitrogens with one attached hydrogen (secondary N) is 2. The van der Waals surface area contributed by atoms with Crippen LogP contribution in [0, 0.1) is 0 Å². The van der Waals surface area contributed by atoms with E-state index in [-0.39, 0.29) is 0 Å². The molecule has 4 heterocycles. The quantitative estimate of drug-likeness (QED) is 0.485. The number of nitrogens with zero attached hydrogens (tertiary/aromatic N) is 5. The van der Waals surface area contributed by atoms with Crippen molar-refractivity contribution in [2.45, 2.75) is 13.0 Å². The van der Waals surface area contributed by atoms with Crippen molar-refractivity contribution in [2.24, 2.45) is 0 Å². The molecule has 0 amide bonds. The Balaban J connectivity index is 1.38. The number of rotatable bonds is 6. The maximum Gasteiger partial charge on any atom is 0.229 e. The Kier molecular flexibility index (Phi) is 5.56. The Morgan fingerprint density at radius 2 is 1.97 bits per heavy atom. The van der Waals surface area contributed by atoms with Crippen molar-refractivity contribution < 1.29 is 0 Å². The van der Waals surface area contributed by atoms with E-state index in [1.165, 1.54) is 11.1 Å². The van der Waals surface area contributed by atoms with Crippen LogP contribution >= 0.6 is 0 Å². The van der Waals surface area contributed by atoms with Crippen LogP contribution in [0.4, 0.5) is 17.5 Å². The van der Waals surface area contributed by atoms with E-state index >= 15 is 0 Å². The van der Waals surface area contributed by atoms with Crippen molar-refractivity contribution in [3.05, 3.63) is 78.3 Å². The number of aromatic nitrogens is 4. The van der Waals surface area contributed by atoms with Crippen molar-refractivity contribution in [3.8, 4) is 0 Å². The summed E-state index contributed by atoms with van der Waals surface area (Å²) in [6.07, 6.45) is 9.07. The van der Waals surface area contributed by atoms with Crippen molar-refractivity contribution >= 4 is 34.1 Å². The Hall–Kier alpha value is -3.71. The van der Waals surface area contributed by atoms with Crippen LogP contribution in [0.5, 0.6) is 0 Å². The summed E-state index contributed by atoms with van der Waals surface area (Å²) in [4.78, 5) is 15.9. The first-order valence-corrected chi connectivity index (χ1v) is 10.9. The van der Waals surface area contributed by atoms with Gasteiger partial charge in [-0.15, -0.1) is 0 Å². The first-order chi connectivity index (χ1) is 15.7. The maximum absolute atomic E-state index is 4.80. The number of anilines is 3. The average Bonchev–Trinajstić information content (AvgIpc) is 3.22. The lowest BCUT2D eigenvalue weighted by atomic mass is 10.0. The molecule has 0 bridgehead atoms. The molecule has 7 heteroatoms. The molecule has 3 aromatic heterocycles. The van der Waals surface area contributed by atoms with E-state index < -0.39 is 0 Å². The summed E-state index contributed by atoms with van der Waals surface area (Å²) in [6, 6.07) is 14.6. The predicted molar refractivity (Wildman–Crippen MR) is 130 cm³/mol. The zero-order valence-corrected chi connectivity index (χ0v) is 18.4. The molecule has 0 saturated carbocycles. The number of hydrogen-bond donors (Lipinski definition) is 2. The second-order valence-electron chi connectivity index (χ2n) is 8.18. The molecular weight excluding hydrogens is 398 g/mol. The van der Waals surface area contributed by atoms with Gasteiger partial charge in [-0.3, -0.25) is 0 Å². The molecule has 1 aromatic carbocycles. The molecule has 1 aliphatic heterocycles. The number of benzene rings is 1. The van der Waals surface area contributed by atoms with Crippen molar-refractivity contribution in [3.63, 3.8) is 0 Å². The van der Waals surface area contributed by atoms with Gasteiger partial charge < -0.3 is 20.1 Å². The third kappa shape index (κ3) is 4.20. The van der Waals surface area contributed by atoms with Crippen LogP contribution in [0.2, 0.25) is 0 Å². The third-order valence-electron chi connectivity index (χ3n) is 5.71. The third-order valence-corrected chi connectivity index (χ3v) is 5.71. The van der Waals surface area contributed by atoms with Gasteiger partial charge in [-0.2, -0.15) is 4.98 Å². The van der Waals surface area contributed by atoms with Gasteiger partial charge in [0.15, 0.2) is 0 Å². The fraction of sp³-hybridized carbons (Fsp3) is 0.240. The predicted octanol–water partition coefficient (Wildman–Crippen LogP) is 4.06. The highest BCUT2D eigenvalue weighted by molar-refractivity contribution is 5.77. The van der Waals surface area contributed by atoms with Crippen LogP contribution < -0.4 is 15.5 Å². The fourth-order valence-corrected chi connectivity index (χ4v) is 4.08. The SMILES string of the molecule is CN(C)c1ncccc1Cn1ccc2cnc(Nc3ccc(C4=CCNCC4)cc3)nc21. The van der Waals surface area contributed by atoms with E-state index in [2.05, 4.69) is 67.8 Å². The van der Waals surface area contributed by atoms with Gasteiger partial charge in [-0.05, 0) is 48.4 Å². The van der Waals surface area contributed by atoms with Crippen LogP contribution in [0.1, 0.15) is 17.5 Å². The number of pyridine rings is 1. The molecule has 0 saturated heterocycles. The van der Waals surface area contributed by atoms with Crippen molar-refractivity contribution in [1.29, 1.82) is 0 Å². The molecule has 0 spiro atoms. The van der Waals surface area contributed by atoms with E-state index in [1.54, 1.807) is 0 Å². The molecule has 0 aliphatic carbocycles. The minimum atomic E-state index is 0.588. The van der Waals surface area contributed by atoms with Crippen LogP contribution in [0.25, 0.3) is 16.6 Å². The van der Waals surface area contributed by atoms with E-state index in [4.69, 9.17) is 4.98 Å². The molecule has 1 aliphatic rings. The average molecular weight is 426 g/mol. The second-order valence-corrected chi connectivity index (χ2v) is 8.18. The molecule has 32 heavy (non-hydrogen) atoms. The summed E-state index contributed by atoms with van der Waals surface area (Å²) in [5, 5.41) is 7.72.